The molecule has 0 aliphatic heterocycles. The number of hydrogen-bond acceptors (Lipinski definition) is 2. The lowest BCUT2D eigenvalue weighted by Crippen LogP contribution is -2.46. The molecule has 3 aromatic rings. The SMILES string of the molecule is NC(=O)[C@H](Cc1cccc(F)c1)NC(=O)[CH]Cc1ccc(-c2ccccc2)cc1. The summed E-state index contributed by atoms with van der Waals surface area (Å²) in [5, 5.41) is 2.60. The Balaban J connectivity index is 1.54. The predicted molar refractivity (Wildman–Crippen MR) is 111 cm³/mol. The Morgan fingerprint density at radius 3 is 2.24 bits per heavy atom. The molecule has 3 aromatic carbocycles. The third-order valence-corrected chi connectivity index (χ3v) is 4.57. The van der Waals surface area contributed by atoms with Crippen LogP contribution in [0, 0.1) is 12.2 Å². The zero-order valence-corrected chi connectivity index (χ0v) is 15.8. The molecule has 1 atom stereocenters. The van der Waals surface area contributed by atoms with Gasteiger partial charge in [0.15, 0.2) is 0 Å². The van der Waals surface area contributed by atoms with Crippen LogP contribution < -0.4 is 11.1 Å². The monoisotopic (exact) mass is 389 g/mol. The van der Waals surface area contributed by atoms with Crippen LogP contribution in [0.4, 0.5) is 4.39 Å². The summed E-state index contributed by atoms with van der Waals surface area (Å²) in [5.74, 6) is -1.46. The van der Waals surface area contributed by atoms with Crippen LogP contribution in [0.5, 0.6) is 0 Å². The Hall–Kier alpha value is -3.47. The van der Waals surface area contributed by atoms with Crippen LogP contribution >= 0.6 is 0 Å². The summed E-state index contributed by atoms with van der Waals surface area (Å²) in [4.78, 5) is 23.9. The van der Waals surface area contributed by atoms with E-state index >= 15 is 0 Å². The molecule has 3 rings (SSSR count). The normalized spacial score (nSPS) is 11.6. The highest BCUT2D eigenvalue weighted by atomic mass is 19.1. The van der Waals surface area contributed by atoms with Gasteiger partial charge in [0, 0.05) is 6.42 Å². The summed E-state index contributed by atoms with van der Waals surface area (Å²) >= 11 is 0. The van der Waals surface area contributed by atoms with E-state index in [2.05, 4.69) is 5.32 Å². The molecule has 147 valence electrons. The first kappa shape index (κ1) is 20.3. The molecule has 0 aliphatic carbocycles. The van der Waals surface area contributed by atoms with Crippen LogP contribution in [0.15, 0.2) is 78.9 Å². The number of nitrogens with one attached hydrogen (secondary N) is 1. The van der Waals surface area contributed by atoms with Crippen LogP contribution in [-0.4, -0.2) is 17.9 Å². The summed E-state index contributed by atoms with van der Waals surface area (Å²) in [7, 11) is 0. The summed E-state index contributed by atoms with van der Waals surface area (Å²) in [6, 6.07) is 22.9. The third-order valence-electron chi connectivity index (χ3n) is 4.57. The standard InChI is InChI=1S/C24H22FN2O2/c25-21-8-4-5-18(15-21)16-22(24(26)29)27-23(28)14-11-17-9-12-20(13-10-17)19-6-2-1-3-7-19/h1-10,12-15,22H,11,16H2,(H2,26,29)(H,27,28)/t22-/m0/s1. The molecule has 0 saturated carbocycles. The van der Waals surface area contributed by atoms with Gasteiger partial charge in [-0.3, -0.25) is 9.59 Å². The molecule has 0 bridgehead atoms. The van der Waals surface area contributed by atoms with Crippen molar-refractivity contribution >= 4 is 11.8 Å². The number of halogens is 1. The molecule has 1 radical (unpaired) electrons. The Morgan fingerprint density at radius 1 is 0.897 bits per heavy atom. The smallest absolute Gasteiger partial charge is 0.240 e. The van der Waals surface area contributed by atoms with Gasteiger partial charge >= 0.3 is 0 Å². The summed E-state index contributed by atoms with van der Waals surface area (Å²) in [5.41, 5.74) is 9.18. The lowest BCUT2D eigenvalue weighted by atomic mass is 10.0. The van der Waals surface area contributed by atoms with Crippen LogP contribution in [0.1, 0.15) is 11.1 Å². The quantitative estimate of drug-likeness (QED) is 0.619. The van der Waals surface area contributed by atoms with Crippen molar-refractivity contribution < 1.29 is 14.0 Å². The molecule has 0 fully saturated rings. The lowest BCUT2D eigenvalue weighted by molar-refractivity contribution is -0.125. The van der Waals surface area contributed by atoms with Crippen molar-refractivity contribution in [2.75, 3.05) is 0 Å². The van der Waals surface area contributed by atoms with Crippen LogP contribution in [0.25, 0.3) is 11.1 Å². The third kappa shape index (κ3) is 6.01. The van der Waals surface area contributed by atoms with Gasteiger partial charge < -0.3 is 11.1 Å². The molecule has 3 N–H and O–H groups in total. The summed E-state index contributed by atoms with van der Waals surface area (Å²) < 4.78 is 13.3. The molecule has 0 saturated heterocycles. The first-order valence-electron chi connectivity index (χ1n) is 9.33. The fraction of sp³-hybridized carbons (Fsp3) is 0.125. The van der Waals surface area contributed by atoms with Crippen molar-refractivity contribution in [3.63, 3.8) is 0 Å². The van der Waals surface area contributed by atoms with E-state index < -0.39 is 23.7 Å². The Morgan fingerprint density at radius 2 is 1.59 bits per heavy atom. The highest BCUT2D eigenvalue weighted by Crippen LogP contribution is 2.19. The molecule has 0 spiro atoms. The molecule has 2 amide bonds. The fourth-order valence-corrected chi connectivity index (χ4v) is 3.03. The van der Waals surface area contributed by atoms with Gasteiger partial charge in [0.05, 0.1) is 6.42 Å². The highest BCUT2D eigenvalue weighted by Gasteiger charge is 2.19. The molecule has 0 unspecified atom stereocenters. The molecule has 0 aliphatic rings. The van der Waals surface area contributed by atoms with Gasteiger partial charge in [0.25, 0.3) is 0 Å². The molecule has 0 aromatic heterocycles. The predicted octanol–water partition coefficient (Wildman–Crippen LogP) is 3.45. The second kappa shape index (κ2) is 9.64. The highest BCUT2D eigenvalue weighted by molar-refractivity contribution is 5.91. The van der Waals surface area contributed by atoms with E-state index in [1.165, 1.54) is 18.6 Å². The van der Waals surface area contributed by atoms with E-state index in [0.29, 0.717) is 12.0 Å². The first-order valence-corrected chi connectivity index (χ1v) is 9.33. The van der Waals surface area contributed by atoms with Gasteiger partial charge in [-0.2, -0.15) is 0 Å². The Kier molecular flexibility index (Phi) is 6.74. The maximum atomic E-state index is 13.3. The van der Waals surface area contributed by atoms with Crippen molar-refractivity contribution in [3.8, 4) is 11.1 Å². The number of nitrogens with two attached hydrogens (primary N) is 1. The van der Waals surface area contributed by atoms with Crippen LogP contribution in [0.2, 0.25) is 0 Å². The van der Waals surface area contributed by atoms with Gasteiger partial charge in [-0.1, -0.05) is 66.7 Å². The first-order chi connectivity index (χ1) is 14.0. The van der Waals surface area contributed by atoms with Gasteiger partial charge in [-0.25, -0.2) is 4.39 Å². The largest absolute Gasteiger partial charge is 0.368 e. The van der Waals surface area contributed by atoms with E-state index in [4.69, 9.17) is 5.73 Å². The van der Waals surface area contributed by atoms with E-state index in [9.17, 15) is 14.0 Å². The maximum absolute atomic E-state index is 13.3. The number of carbonyl (C=O) groups excluding carboxylic acids is 2. The summed E-state index contributed by atoms with van der Waals surface area (Å²) in [6.07, 6.45) is 2.03. The Bertz CT molecular complexity index is 972. The van der Waals surface area contributed by atoms with Crippen molar-refractivity contribution in [2.24, 2.45) is 5.73 Å². The minimum atomic E-state index is -0.902. The lowest BCUT2D eigenvalue weighted by Gasteiger charge is -2.15. The van der Waals surface area contributed by atoms with Crippen molar-refractivity contribution in [2.45, 2.75) is 18.9 Å². The van der Waals surface area contributed by atoms with Crippen LogP contribution in [0.3, 0.4) is 0 Å². The molecule has 5 heteroatoms. The number of amides is 2. The van der Waals surface area contributed by atoms with E-state index in [1.54, 1.807) is 12.1 Å². The minimum Gasteiger partial charge on any atom is -0.368 e. The number of primary amides is 1. The van der Waals surface area contributed by atoms with Gasteiger partial charge in [-0.05, 0) is 40.8 Å². The van der Waals surface area contributed by atoms with E-state index in [0.717, 1.165) is 16.7 Å². The zero-order chi connectivity index (χ0) is 20.6. The number of rotatable bonds is 8. The van der Waals surface area contributed by atoms with Crippen molar-refractivity contribution in [3.05, 3.63) is 102 Å². The molecule has 29 heavy (non-hydrogen) atoms. The topological polar surface area (TPSA) is 72.2 Å². The van der Waals surface area contributed by atoms with E-state index in [1.807, 2.05) is 54.6 Å². The van der Waals surface area contributed by atoms with E-state index in [-0.39, 0.29) is 6.42 Å². The summed E-state index contributed by atoms with van der Waals surface area (Å²) in [6.45, 7) is 0. The van der Waals surface area contributed by atoms with Gasteiger partial charge in [-0.15, -0.1) is 0 Å². The Labute approximate surface area is 169 Å². The minimum absolute atomic E-state index is 0.137. The van der Waals surface area contributed by atoms with Gasteiger partial charge in [0.2, 0.25) is 11.8 Å². The fourth-order valence-electron chi connectivity index (χ4n) is 3.03. The van der Waals surface area contributed by atoms with Gasteiger partial charge in [0.1, 0.15) is 11.9 Å². The van der Waals surface area contributed by atoms with Crippen molar-refractivity contribution in [1.82, 2.24) is 5.32 Å². The number of hydrogen-bond donors (Lipinski definition) is 2. The molecular weight excluding hydrogens is 367 g/mol. The second-order valence-corrected chi connectivity index (χ2v) is 6.77. The number of carbonyl (C=O) groups is 2. The average Bonchev–Trinajstić information content (AvgIpc) is 2.73. The maximum Gasteiger partial charge on any atom is 0.240 e. The van der Waals surface area contributed by atoms with Crippen LogP contribution in [-0.2, 0) is 22.4 Å². The van der Waals surface area contributed by atoms with Crippen molar-refractivity contribution in [1.29, 1.82) is 0 Å². The molecule has 0 heterocycles. The zero-order valence-electron chi connectivity index (χ0n) is 15.8. The molecular formula is C24H22FN2O2. The average molecular weight is 389 g/mol. The number of benzene rings is 3. The molecule has 4 nitrogen and oxygen atoms in total. The second-order valence-electron chi connectivity index (χ2n) is 6.77.